The number of nitrogens with two attached hydrogens (primary N) is 1. The predicted octanol–water partition coefficient (Wildman–Crippen LogP) is 1.50. The van der Waals surface area contributed by atoms with E-state index < -0.39 is 0 Å². The van der Waals surface area contributed by atoms with Gasteiger partial charge < -0.3 is 20.7 Å². The second-order valence-electron chi connectivity index (χ2n) is 5.65. The van der Waals surface area contributed by atoms with Gasteiger partial charge in [0.1, 0.15) is 5.75 Å². The number of carbonyl (C=O) groups excluding carboxylic acids is 1. The topological polar surface area (TPSA) is 67.6 Å². The standard InChI is InChI=1S/C14H21N3O2/c1-14(2,15)9-17-8-12(16-13(17)18)10-5-4-6-11(7-10)19-3/h4-7,12H,8-9,15H2,1-3H3,(H,16,18). The first kappa shape index (κ1) is 13.7. The zero-order chi connectivity index (χ0) is 14.0. The van der Waals surface area contributed by atoms with E-state index in [1.54, 1.807) is 12.0 Å². The lowest BCUT2D eigenvalue weighted by atomic mass is 10.1. The number of carbonyl (C=O) groups is 1. The average Bonchev–Trinajstić information content (AvgIpc) is 2.69. The molecule has 0 aromatic heterocycles. The van der Waals surface area contributed by atoms with Crippen LogP contribution in [0.2, 0.25) is 0 Å². The van der Waals surface area contributed by atoms with E-state index in [0.29, 0.717) is 13.1 Å². The maximum absolute atomic E-state index is 11.9. The van der Waals surface area contributed by atoms with Gasteiger partial charge in [-0.15, -0.1) is 0 Å². The largest absolute Gasteiger partial charge is 0.497 e. The Bertz CT molecular complexity index is 468. The van der Waals surface area contributed by atoms with Crippen molar-refractivity contribution in [3.8, 4) is 5.75 Å². The summed E-state index contributed by atoms with van der Waals surface area (Å²) < 4.78 is 5.20. The number of amides is 2. The third-order valence-electron chi connectivity index (χ3n) is 3.08. The van der Waals surface area contributed by atoms with Crippen molar-refractivity contribution in [3.05, 3.63) is 29.8 Å². The van der Waals surface area contributed by atoms with Crippen LogP contribution in [0.15, 0.2) is 24.3 Å². The number of hydrogen-bond acceptors (Lipinski definition) is 3. The molecular formula is C14H21N3O2. The Morgan fingerprint density at radius 2 is 2.26 bits per heavy atom. The molecule has 2 amide bonds. The SMILES string of the molecule is COc1cccc(C2CN(CC(C)(C)N)C(=O)N2)c1. The minimum Gasteiger partial charge on any atom is -0.497 e. The highest BCUT2D eigenvalue weighted by Crippen LogP contribution is 2.24. The molecule has 1 aliphatic rings. The third-order valence-corrected chi connectivity index (χ3v) is 3.08. The molecule has 1 atom stereocenters. The molecule has 0 radical (unpaired) electrons. The van der Waals surface area contributed by atoms with Gasteiger partial charge in [0.25, 0.3) is 0 Å². The highest BCUT2D eigenvalue weighted by Gasteiger charge is 2.32. The van der Waals surface area contributed by atoms with Gasteiger partial charge in [0, 0.05) is 18.6 Å². The first-order valence-corrected chi connectivity index (χ1v) is 6.37. The van der Waals surface area contributed by atoms with Crippen LogP contribution in [0.5, 0.6) is 5.75 Å². The van der Waals surface area contributed by atoms with Crippen LogP contribution in [0, 0.1) is 0 Å². The fraction of sp³-hybridized carbons (Fsp3) is 0.500. The minimum atomic E-state index is -0.388. The summed E-state index contributed by atoms with van der Waals surface area (Å²) in [7, 11) is 1.63. The summed E-state index contributed by atoms with van der Waals surface area (Å²) in [5, 5.41) is 2.97. The van der Waals surface area contributed by atoms with Crippen molar-refractivity contribution in [2.75, 3.05) is 20.2 Å². The molecule has 0 saturated carbocycles. The highest BCUT2D eigenvalue weighted by atomic mass is 16.5. The van der Waals surface area contributed by atoms with Gasteiger partial charge in [-0.25, -0.2) is 4.79 Å². The number of ether oxygens (including phenoxy) is 1. The summed E-state index contributed by atoms with van der Waals surface area (Å²) in [5.74, 6) is 0.796. The van der Waals surface area contributed by atoms with Gasteiger partial charge in [-0.1, -0.05) is 12.1 Å². The van der Waals surface area contributed by atoms with Crippen molar-refractivity contribution in [2.24, 2.45) is 5.73 Å². The van der Waals surface area contributed by atoms with Crippen molar-refractivity contribution in [1.29, 1.82) is 0 Å². The number of rotatable bonds is 4. The van der Waals surface area contributed by atoms with Crippen LogP contribution >= 0.6 is 0 Å². The number of urea groups is 1. The van der Waals surface area contributed by atoms with E-state index in [2.05, 4.69) is 5.32 Å². The third kappa shape index (κ3) is 3.38. The molecular weight excluding hydrogens is 242 g/mol. The lowest BCUT2D eigenvalue weighted by Gasteiger charge is -2.25. The van der Waals surface area contributed by atoms with Crippen molar-refractivity contribution >= 4 is 6.03 Å². The van der Waals surface area contributed by atoms with Crippen molar-refractivity contribution in [1.82, 2.24) is 10.2 Å². The zero-order valence-electron chi connectivity index (χ0n) is 11.6. The van der Waals surface area contributed by atoms with Crippen LogP contribution in [0.3, 0.4) is 0 Å². The van der Waals surface area contributed by atoms with Crippen molar-refractivity contribution in [2.45, 2.75) is 25.4 Å². The molecule has 5 heteroatoms. The number of nitrogens with zero attached hydrogens (tertiary/aromatic N) is 1. The molecule has 0 spiro atoms. The summed E-state index contributed by atoms with van der Waals surface area (Å²) in [6.07, 6.45) is 0. The summed E-state index contributed by atoms with van der Waals surface area (Å²) in [6.45, 7) is 5.00. The first-order chi connectivity index (χ1) is 8.89. The van der Waals surface area contributed by atoms with Crippen molar-refractivity contribution in [3.63, 3.8) is 0 Å². The summed E-state index contributed by atoms with van der Waals surface area (Å²) >= 11 is 0. The van der Waals surface area contributed by atoms with Gasteiger partial charge in [-0.05, 0) is 31.5 Å². The van der Waals surface area contributed by atoms with Gasteiger partial charge in [0.05, 0.1) is 13.2 Å². The molecule has 1 aromatic rings. The minimum absolute atomic E-state index is 0.00931. The van der Waals surface area contributed by atoms with Gasteiger partial charge in [0.2, 0.25) is 0 Å². The van der Waals surface area contributed by atoms with Gasteiger partial charge >= 0.3 is 6.03 Å². The fourth-order valence-corrected chi connectivity index (χ4v) is 2.26. The van der Waals surface area contributed by atoms with E-state index in [9.17, 15) is 4.79 Å². The summed E-state index contributed by atoms with van der Waals surface area (Å²) in [4.78, 5) is 13.7. The van der Waals surface area contributed by atoms with Crippen LogP contribution in [0.1, 0.15) is 25.5 Å². The molecule has 19 heavy (non-hydrogen) atoms. The number of methoxy groups -OCH3 is 1. The van der Waals surface area contributed by atoms with Gasteiger partial charge in [-0.3, -0.25) is 0 Å². The maximum Gasteiger partial charge on any atom is 0.318 e. The van der Waals surface area contributed by atoms with Crippen LogP contribution in [0.4, 0.5) is 4.79 Å². The molecule has 5 nitrogen and oxygen atoms in total. The second-order valence-corrected chi connectivity index (χ2v) is 5.65. The molecule has 1 fully saturated rings. The van der Waals surface area contributed by atoms with Crippen LogP contribution in [-0.4, -0.2) is 36.7 Å². The number of nitrogens with one attached hydrogen (secondary N) is 1. The molecule has 0 aliphatic carbocycles. The quantitative estimate of drug-likeness (QED) is 0.865. The summed E-state index contributed by atoms with van der Waals surface area (Å²) in [6, 6.07) is 7.68. The van der Waals surface area contributed by atoms with E-state index >= 15 is 0 Å². The van der Waals surface area contributed by atoms with E-state index in [-0.39, 0.29) is 17.6 Å². The highest BCUT2D eigenvalue weighted by molar-refractivity contribution is 5.77. The smallest absolute Gasteiger partial charge is 0.318 e. The van der Waals surface area contributed by atoms with E-state index in [1.807, 2.05) is 38.1 Å². The predicted molar refractivity (Wildman–Crippen MR) is 74.1 cm³/mol. The number of hydrogen-bond donors (Lipinski definition) is 2. The Morgan fingerprint density at radius 3 is 2.89 bits per heavy atom. The molecule has 1 unspecified atom stereocenters. The Balaban J connectivity index is 2.09. The molecule has 3 N–H and O–H groups in total. The van der Waals surface area contributed by atoms with Gasteiger partial charge in [0.15, 0.2) is 0 Å². The zero-order valence-corrected chi connectivity index (χ0v) is 11.6. The normalized spacial score (nSPS) is 19.5. The molecule has 1 aromatic carbocycles. The average molecular weight is 263 g/mol. The number of benzene rings is 1. The summed E-state index contributed by atoms with van der Waals surface area (Å²) in [5.41, 5.74) is 6.62. The molecule has 2 rings (SSSR count). The molecule has 104 valence electrons. The molecule has 1 saturated heterocycles. The van der Waals surface area contributed by atoms with E-state index in [0.717, 1.165) is 11.3 Å². The Morgan fingerprint density at radius 1 is 1.53 bits per heavy atom. The lowest BCUT2D eigenvalue weighted by Crippen LogP contribution is -2.46. The van der Waals surface area contributed by atoms with Crippen molar-refractivity contribution < 1.29 is 9.53 Å². The van der Waals surface area contributed by atoms with Gasteiger partial charge in [-0.2, -0.15) is 0 Å². The first-order valence-electron chi connectivity index (χ1n) is 6.37. The van der Waals surface area contributed by atoms with E-state index in [1.165, 1.54) is 0 Å². The molecule has 0 bridgehead atoms. The monoisotopic (exact) mass is 263 g/mol. The Labute approximate surface area is 113 Å². The van der Waals surface area contributed by atoms with E-state index in [4.69, 9.17) is 10.5 Å². The second kappa shape index (κ2) is 5.09. The Hall–Kier alpha value is -1.75. The fourth-order valence-electron chi connectivity index (χ4n) is 2.26. The lowest BCUT2D eigenvalue weighted by molar-refractivity contribution is 0.207. The molecule has 1 aliphatic heterocycles. The Kier molecular flexibility index (Phi) is 3.66. The van der Waals surface area contributed by atoms with Crippen LogP contribution in [-0.2, 0) is 0 Å². The molecule has 1 heterocycles. The van der Waals surface area contributed by atoms with Crippen LogP contribution in [0.25, 0.3) is 0 Å². The maximum atomic E-state index is 11.9. The van der Waals surface area contributed by atoms with Crippen LogP contribution < -0.4 is 15.8 Å².